The van der Waals surface area contributed by atoms with Crippen molar-refractivity contribution in [2.24, 2.45) is 5.73 Å². The number of ether oxygens (including phenoxy) is 1. The van der Waals surface area contributed by atoms with Crippen LogP contribution in [0.3, 0.4) is 0 Å². The molecule has 0 bridgehead atoms. The highest BCUT2D eigenvalue weighted by Gasteiger charge is 2.11. The van der Waals surface area contributed by atoms with Gasteiger partial charge in [0.25, 0.3) is 0 Å². The smallest absolute Gasteiger partial charge is 0.321 e. The Morgan fingerprint density at radius 2 is 2.35 bits per heavy atom. The van der Waals surface area contributed by atoms with E-state index in [1.807, 2.05) is 18.2 Å². The number of hydrogen-bond acceptors (Lipinski definition) is 4. The molecule has 6 heteroatoms. The maximum atomic E-state index is 10.5. The molecule has 0 aliphatic rings. The van der Waals surface area contributed by atoms with Crippen molar-refractivity contribution in [1.82, 2.24) is 0 Å². The Hall–Kier alpha value is -0.720. The second-order valence-corrected chi connectivity index (χ2v) is 5.31. The molecular weight excluding hydrogens is 306 g/mol. The minimum Gasteiger partial charge on any atom is -0.496 e. The molecule has 0 amide bonds. The van der Waals surface area contributed by atoms with Gasteiger partial charge in [0, 0.05) is 11.5 Å². The Morgan fingerprint density at radius 1 is 1.65 bits per heavy atom. The summed E-state index contributed by atoms with van der Waals surface area (Å²) in [6.07, 6.45) is 0. The van der Waals surface area contributed by atoms with Crippen LogP contribution in [0.2, 0.25) is 0 Å². The summed E-state index contributed by atoms with van der Waals surface area (Å²) in [6, 6.07) is 4.97. The van der Waals surface area contributed by atoms with Crippen LogP contribution in [0, 0.1) is 0 Å². The summed E-state index contributed by atoms with van der Waals surface area (Å²) in [6.45, 7) is 0. The van der Waals surface area contributed by atoms with Crippen molar-refractivity contribution in [3.63, 3.8) is 0 Å². The SMILES string of the molecule is COc1ccc(CSC[C@@H](N)C(=O)O)cc1Br. The van der Waals surface area contributed by atoms with Crippen LogP contribution in [0.4, 0.5) is 0 Å². The maximum absolute atomic E-state index is 10.5. The lowest BCUT2D eigenvalue weighted by molar-refractivity contribution is -0.137. The maximum Gasteiger partial charge on any atom is 0.321 e. The average molecular weight is 320 g/mol. The molecule has 0 aliphatic carbocycles. The van der Waals surface area contributed by atoms with Gasteiger partial charge in [0.15, 0.2) is 0 Å². The molecule has 0 heterocycles. The van der Waals surface area contributed by atoms with E-state index in [-0.39, 0.29) is 0 Å². The van der Waals surface area contributed by atoms with Crippen LogP contribution >= 0.6 is 27.7 Å². The summed E-state index contributed by atoms with van der Waals surface area (Å²) in [4.78, 5) is 10.5. The van der Waals surface area contributed by atoms with Crippen LogP contribution < -0.4 is 10.5 Å². The monoisotopic (exact) mass is 319 g/mol. The molecule has 1 aromatic rings. The number of halogens is 1. The number of methoxy groups -OCH3 is 1. The molecular formula is C11H14BrNO3S. The Bertz CT molecular complexity index is 400. The molecule has 0 aromatic heterocycles. The van der Waals surface area contributed by atoms with Crippen LogP contribution in [0.25, 0.3) is 0 Å². The molecule has 17 heavy (non-hydrogen) atoms. The first kappa shape index (κ1) is 14.3. The Labute approximate surface area is 113 Å². The van der Waals surface area contributed by atoms with Gasteiger partial charge >= 0.3 is 5.97 Å². The molecule has 0 saturated carbocycles. The predicted octanol–water partition coefficient (Wildman–Crippen LogP) is 2.10. The lowest BCUT2D eigenvalue weighted by Crippen LogP contribution is -2.32. The number of thioether (sulfide) groups is 1. The number of aliphatic carboxylic acids is 1. The number of carbonyl (C=O) groups is 1. The van der Waals surface area contributed by atoms with E-state index in [9.17, 15) is 4.79 Å². The molecule has 4 nitrogen and oxygen atoms in total. The average Bonchev–Trinajstić information content (AvgIpc) is 2.29. The van der Waals surface area contributed by atoms with Crippen molar-refractivity contribution in [2.45, 2.75) is 11.8 Å². The Kier molecular flexibility index (Phi) is 5.80. The van der Waals surface area contributed by atoms with E-state index in [2.05, 4.69) is 15.9 Å². The predicted molar refractivity (Wildman–Crippen MR) is 72.5 cm³/mol. The molecule has 94 valence electrons. The molecule has 0 radical (unpaired) electrons. The van der Waals surface area contributed by atoms with Crippen molar-refractivity contribution in [3.8, 4) is 5.75 Å². The van der Waals surface area contributed by atoms with Gasteiger partial charge in [-0.2, -0.15) is 11.8 Å². The van der Waals surface area contributed by atoms with Crippen molar-refractivity contribution in [1.29, 1.82) is 0 Å². The highest BCUT2D eigenvalue weighted by Crippen LogP contribution is 2.27. The zero-order valence-electron chi connectivity index (χ0n) is 9.35. The quantitative estimate of drug-likeness (QED) is 0.840. The highest BCUT2D eigenvalue weighted by molar-refractivity contribution is 9.10. The number of rotatable bonds is 6. The van der Waals surface area contributed by atoms with Crippen molar-refractivity contribution in [2.75, 3.05) is 12.9 Å². The topological polar surface area (TPSA) is 72.5 Å². The third-order valence-electron chi connectivity index (χ3n) is 2.10. The molecule has 0 aliphatic heterocycles. The molecule has 0 saturated heterocycles. The second-order valence-electron chi connectivity index (χ2n) is 3.43. The molecule has 3 N–H and O–H groups in total. The van der Waals surface area contributed by atoms with E-state index in [4.69, 9.17) is 15.6 Å². The number of benzene rings is 1. The number of nitrogens with two attached hydrogens (primary N) is 1. The zero-order chi connectivity index (χ0) is 12.8. The van der Waals surface area contributed by atoms with Crippen molar-refractivity contribution < 1.29 is 14.6 Å². The highest BCUT2D eigenvalue weighted by atomic mass is 79.9. The van der Waals surface area contributed by atoms with Crippen LogP contribution in [0.15, 0.2) is 22.7 Å². The summed E-state index contributed by atoms with van der Waals surface area (Å²) >= 11 is 4.90. The van der Waals surface area contributed by atoms with Crippen LogP contribution in [0.5, 0.6) is 5.75 Å². The Morgan fingerprint density at radius 3 is 2.88 bits per heavy atom. The first-order valence-corrected chi connectivity index (χ1v) is 6.88. The third kappa shape index (κ3) is 4.57. The van der Waals surface area contributed by atoms with E-state index >= 15 is 0 Å². The van der Waals surface area contributed by atoms with Gasteiger partial charge in [-0.15, -0.1) is 0 Å². The zero-order valence-corrected chi connectivity index (χ0v) is 11.8. The van der Waals surface area contributed by atoms with Gasteiger partial charge in [-0.25, -0.2) is 0 Å². The fourth-order valence-corrected chi connectivity index (χ4v) is 2.69. The van der Waals surface area contributed by atoms with Crippen molar-refractivity contribution >= 4 is 33.7 Å². The number of carboxylic acid groups (broad SMARTS) is 1. The molecule has 0 unspecified atom stereocenters. The lowest BCUT2D eigenvalue weighted by Gasteiger charge is -2.08. The minimum atomic E-state index is -0.964. The summed E-state index contributed by atoms with van der Waals surface area (Å²) in [5.41, 5.74) is 6.50. The summed E-state index contributed by atoms with van der Waals surface area (Å²) in [7, 11) is 1.61. The first-order valence-electron chi connectivity index (χ1n) is 4.93. The van der Waals surface area contributed by atoms with Gasteiger partial charge in [-0.3, -0.25) is 4.79 Å². The van der Waals surface area contributed by atoms with Gasteiger partial charge in [0.2, 0.25) is 0 Å². The molecule has 0 spiro atoms. The van der Waals surface area contributed by atoms with Crippen LogP contribution in [-0.4, -0.2) is 30.0 Å². The number of hydrogen-bond donors (Lipinski definition) is 2. The van der Waals surface area contributed by atoms with Gasteiger partial charge in [-0.05, 0) is 33.6 Å². The van der Waals surface area contributed by atoms with Gasteiger partial charge in [0.1, 0.15) is 11.8 Å². The largest absolute Gasteiger partial charge is 0.496 e. The minimum absolute atomic E-state index is 0.402. The van der Waals surface area contributed by atoms with Crippen LogP contribution in [0.1, 0.15) is 5.56 Å². The summed E-state index contributed by atoms with van der Waals surface area (Å²) in [5.74, 6) is 0.942. The summed E-state index contributed by atoms with van der Waals surface area (Å²) in [5, 5.41) is 8.63. The molecule has 1 aromatic carbocycles. The fraction of sp³-hybridized carbons (Fsp3) is 0.364. The molecule has 0 fully saturated rings. The Balaban J connectivity index is 2.47. The standard InChI is InChI=1S/C11H14BrNO3S/c1-16-10-3-2-7(4-8(10)12)5-17-6-9(13)11(14)15/h2-4,9H,5-6,13H2,1H3,(H,14,15)/t9-/m1/s1. The van der Waals surface area contributed by atoms with Crippen LogP contribution in [-0.2, 0) is 10.5 Å². The normalized spacial score (nSPS) is 12.2. The third-order valence-corrected chi connectivity index (χ3v) is 3.85. The van der Waals surface area contributed by atoms with E-state index in [0.717, 1.165) is 21.5 Å². The van der Waals surface area contributed by atoms with E-state index in [1.54, 1.807) is 7.11 Å². The van der Waals surface area contributed by atoms with E-state index in [0.29, 0.717) is 5.75 Å². The number of carboxylic acids is 1. The second kappa shape index (κ2) is 6.88. The van der Waals surface area contributed by atoms with Crippen molar-refractivity contribution in [3.05, 3.63) is 28.2 Å². The lowest BCUT2D eigenvalue weighted by atomic mass is 10.2. The van der Waals surface area contributed by atoms with E-state index < -0.39 is 12.0 Å². The van der Waals surface area contributed by atoms with Gasteiger partial charge in [0.05, 0.1) is 11.6 Å². The van der Waals surface area contributed by atoms with E-state index in [1.165, 1.54) is 11.8 Å². The first-order chi connectivity index (χ1) is 8.04. The summed E-state index contributed by atoms with van der Waals surface area (Å²) < 4.78 is 6.01. The van der Waals surface area contributed by atoms with Gasteiger partial charge in [-0.1, -0.05) is 6.07 Å². The molecule has 1 atom stereocenters. The molecule has 1 rings (SSSR count). The van der Waals surface area contributed by atoms with Gasteiger partial charge < -0.3 is 15.6 Å². The fourth-order valence-electron chi connectivity index (χ4n) is 1.17.